The second-order valence-electron chi connectivity index (χ2n) is 11.1. The fourth-order valence-corrected chi connectivity index (χ4v) is 5.06. The molecule has 0 bridgehead atoms. The van der Waals surface area contributed by atoms with E-state index in [2.05, 4.69) is 54.2 Å². The molecule has 11 heteroatoms. The second kappa shape index (κ2) is 12.6. The summed E-state index contributed by atoms with van der Waals surface area (Å²) in [7, 11) is 4.00. The van der Waals surface area contributed by atoms with Gasteiger partial charge in [0.1, 0.15) is 11.3 Å². The van der Waals surface area contributed by atoms with Crippen LogP contribution in [0.15, 0.2) is 73.3 Å². The van der Waals surface area contributed by atoms with Crippen molar-refractivity contribution in [1.29, 1.82) is 0 Å². The summed E-state index contributed by atoms with van der Waals surface area (Å²) < 4.78 is 14.7. The molecule has 0 atom stereocenters. The van der Waals surface area contributed by atoms with E-state index in [1.165, 1.54) is 12.1 Å². The van der Waals surface area contributed by atoms with Crippen molar-refractivity contribution in [3.05, 3.63) is 79.1 Å². The lowest BCUT2D eigenvalue weighted by atomic mass is 10.0. The van der Waals surface area contributed by atoms with Gasteiger partial charge in [-0.25, -0.2) is 19.3 Å². The van der Waals surface area contributed by atoms with E-state index < -0.39 is 0 Å². The van der Waals surface area contributed by atoms with Gasteiger partial charge in [0, 0.05) is 48.0 Å². The molecule has 0 spiro atoms. The molecule has 4 N–H and O–H groups in total. The van der Waals surface area contributed by atoms with Crippen LogP contribution in [0.25, 0.3) is 56.1 Å². The molecule has 0 saturated heterocycles. The Morgan fingerprint density at radius 1 is 1.02 bits per heavy atom. The first-order valence-corrected chi connectivity index (χ1v) is 14.7. The zero-order valence-corrected chi connectivity index (χ0v) is 25.1. The van der Waals surface area contributed by atoms with Crippen molar-refractivity contribution in [1.82, 2.24) is 40.0 Å². The summed E-state index contributed by atoms with van der Waals surface area (Å²) in [6, 6.07) is 12.7. The zero-order chi connectivity index (χ0) is 30.6. The Balaban J connectivity index is 1.33. The topological polar surface area (TPSA) is 123 Å². The van der Waals surface area contributed by atoms with E-state index in [9.17, 15) is 4.39 Å². The number of unbranched alkanes of at least 4 members (excludes halogenated alkanes) is 1. The molecule has 44 heavy (non-hydrogen) atoms. The molecule has 6 rings (SSSR count). The fourth-order valence-electron chi connectivity index (χ4n) is 5.06. The van der Waals surface area contributed by atoms with Crippen LogP contribution in [0.4, 0.5) is 15.8 Å². The molecule has 0 amide bonds. The maximum absolute atomic E-state index is 14.7. The first-order chi connectivity index (χ1) is 21.4. The molecule has 0 aliphatic rings. The van der Waals surface area contributed by atoms with Crippen LogP contribution < -0.4 is 10.6 Å². The monoisotopic (exact) mass is 590 g/mol. The van der Waals surface area contributed by atoms with Crippen LogP contribution in [0.5, 0.6) is 0 Å². The SMILES string of the molecule is C=C(CCCC)Nc1cncc(-c2ccc3[nH]nc(-c4nc5nccc(-c6cc(F)cc(NCCN(C)C)c6)c5[nH]4)c3n2)c1. The highest BCUT2D eigenvalue weighted by atomic mass is 19.1. The molecule has 0 saturated carbocycles. The molecule has 10 nitrogen and oxygen atoms in total. The maximum atomic E-state index is 14.7. The molecule has 0 aliphatic heterocycles. The van der Waals surface area contributed by atoms with Gasteiger partial charge in [-0.2, -0.15) is 5.10 Å². The number of fused-ring (bicyclic) bond motifs is 2. The quantitative estimate of drug-likeness (QED) is 0.122. The van der Waals surface area contributed by atoms with E-state index in [0.29, 0.717) is 46.0 Å². The standard InChI is InChI=1S/C33H35FN10/c1-5-6-7-20(2)38-25-16-22(18-35-19-25)27-8-9-28-30(39-27)31(43-42-28)33-40-29-26(10-11-37-32(29)41-33)21-14-23(34)17-24(15-21)36-12-13-44(3)4/h8-11,14-19,36,38H,2,5-7,12-13H2,1,3-4H3,(H,42,43)(H,37,40,41). The Morgan fingerprint density at radius 2 is 1.89 bits per heavy atom. The van der Waals surface area contributed by atoms with Crippen molar-refractivity contribution in [3.63, 3.8) is 0 Å². The molecule has 5 heterocycles. The van der Waals surface area contributed by atoms with Crippen LogP contribution in [0.2, 0.25) is 0 Å². The van der Waals surface area contributed by atoms with Gasteiger partial charge in [0.25, 0.3) is 0 Å². The van der Waals surface area contributed by atoms with Crippen LogP contribution in [-0.4, -0.2) is 67.2 Å². The lowest BCUT2D eigenvalue weighted by molar-refractivity contribution is 0.425. The second-order valence-corrected chi connectivity index (χ2v) is 11.1. The predicted octanol–water partition coefficient (Wildman–Crippen LogP) is 6.85. The molecule has 224 valence electrons. The number of aromatic nitrogens is 7. The van der Waals surface area contributed by atoms with Crippen molar-refractivity contribution >= 4 is 33.6 Å². The third kappa shape index (κ3) is 6.28. The number of hydrogen-bond acceptors (Lipinski definition) is 8. The molecule has 0 radical (unpaired) electrons. The van der Waals surface area contributed by atoms with E-state index in [-0.39, 0.29) is 5.82 Å². The molecule has 1 aromatic carbocycles. The zero-order valence-electron chi connectivity index (χ0n) is 25.1. The number of halogens is 1. The Hall–Kier alpha value is -5.16. The molecular formula is C33H35FN10. The minimum atomic E-state index is -0.325. The van der Waals surface area contributed by atoms with Crippen molar-refractivity contribution < 1.29 is 4.39 Å². The number of anilines is 2. The maximum Gasteiger partial charge on any atom is 0.178 e. The molecule has 0 aliphatic carbocycles. The van der Waals surface area contributed by atoms with Gasteiger partial charge in [0.2, 0.25) is 0 Å². The lowest BCUT2D eigenvalue weighted by Gasteiger charge is -2.13. The van der Waals surface area contributed by atoms with Crippen molar-refractivity contribution in [2.24, 2.45) is 0 Å². The van der Waals surface area contributed by atoms with Crippen LogP contribution in [-0.2, 0) is 0 Å². The van der Waals surface area contributed by atoms with Gasteiger partial charge in [0.05, 0.1) is 28.6 Å². The van der Waals surface area contributed by atoms with Crippen molar-refractivity contribution in [3.8, 4) is 33.9 Å². The number of nitrogens with one attached hydrogen (secondary N) is 4. The van der Waals surface area contributed by atoms with E-state index in [0.717, 1.165) is 59.5 Å². The number of rotatable bonds is 12. The number of imidazole rings is 1. The minimum Gasteiger partial charge on any atom is -0.384 e. The summed E-state index contributed by atoms with van der Waals surface area (Å²) >= 11 is 0. The molecule has 0 fully saturated rings. The third-order valence-corrected chi connectivity index (χ3v) is 7.31. The van der Waals surface area contributed by atoms with Gasteiger partial charge in [-0.3, -0.25) is 10.1 Å². The van der Waals surface area contributed by atoms with Crippen molar-refractivity contribution in [2.75, 3.05) is 37.8 Å². The van der Waals surface area contributed by atoms with Crippen LogP contribution in [0.1, 0.15) is 26.2 Å². The fraction of sp³-hybridized carbons (Fsp3) is 0.242. The van der Waals surface area contributed by atoms with E-state index in [1.807, 2.05) is 44.4 Å². The van der Waals surface area contributed by atoms with Gasteiger partial charge in [-0.1, -0.05) is 19.9 Å². The Bertz CT molecular complexity index is 1940. The summed E-state index contributed by atoms with van der Waals surface area (Å²) in [6.45, 7) is 7.82. The smallest absolute Gasteiger partial charge is 0.178 e. The third-order valence-electron chi connectivity index (χ3n) is 7.31. The van der Waals surface area contributed by atoms with Crippen LogP contribution >= 0.6 is 0 Å². The average Bonchev–Trinajstić information content (AvgIpc) is 3.63. The normalized spacial score (nSPS) is 11.5. The lowest BCUT2D eigenvalue weighted by Crippen LogP contribution is -2.20. The first kappa shape index (κ1) is 28.9. The van der Waals surface area contributed by atoms with Gasteiger partial charge < -0.3 is 20.5 Å². The average molecular weight is 591 g/mol. The molecule has 6 aromatic rings. The summed E-state index contributed by atoms with van der Waals surface area (Å²) in [6.07, 6.45) is 8.34. The van der Waals surface area contributed by atoms with E-state index in [4.69, 9.17) is 9.97 Å². The highest BCUT2D eigenvalue weighted by Gasteiger charge is 2.18. The number of H-pyrrole nitrogens is 2. The molecule has 5 aromatic heterocycles. The first-order valence-electron chi connectivity index (χ1n) is 14.7. The van der Waals surface area contributed by atoms with Gasteiger partial charge in [0.15, 0.2) is 17.2 Å². The van der Waals surface area contributed by atoms with Gasteiger partial charge >= 0.3 is 0 Å². The number of benzene rings is 1. The number of allylic oxidation sites excluding steroid dienone is 1. The van der Waals surface area contributed by atoms with E-state index >= 15 is 0 Å². The summed E-state index contributed by atoms with van der Waals surface area (Å²) in [4.78, 5) is 24.0. The summed E-state index contributed by atoms with van der Waals surface area (Å²) in [5.41, 5.74) is 8.82. The summed E-state index contributed by atoms with van der Waals surface area (Å²) in [5, 5.41) is 14.3. The van der Waals surface area contributed by atoms with E-state index in [1.54, 1.807) is 18.6 Å². The predicted molar refractivity (Wildman–Crippen MR) is 175 cm³/mol. The highest BCUT2D eigenvalue weighted by Crippen LogP contribution is 2.33. The number of likely N-dealkylation sites (N-methyl/N-ethyl adjacent to an activating group) is 1. The number of nitrogens with zero attached hydrogens (tertiary/aromatic N) is 6. The molecular weight excluding hydrogens is 555 g/mol. The van der Waals surface area contributed by atoms with Crippen LogP contribution in [0.3, 0.4) is 0 Å². The largest absolute Gasteiger partial charge is 0.384 e. The van der Waals surface area contributed by atoms with Crippen molar-refractivity contribution in [2.45, 2.75) is 26.2 Å². The highest BCUT2D eigenvalue weighted by molar-refractivity contribution is 5.95. The molecule has 0 unspecified atom stereocenters. The Morgan fingerprint density at radius 3 is 2.73 bits per heavy atom. The van der Waals surface area contributed by atoms with Gasteiger partial charge in [-0.05, 0) is 75.0 Å². The minimum absolute atomic E-state index is 0.325. The number of hydrogen-bond donors (Lipinski definition) is 4. The van der Waals surface area contributed by atoms with Gasteiger partial charge in [-0.15, -0.1) is 0 Å². The number of pyridine rings is 3. The summed E-state index contributed by atoms with van der Waals surface area (Å²) in [5.74, 6) is 0.186. The number of aromatic amines is 2. The van der Waals surface area contributed by atoms with Crippen LogP contribution in [0, 0.1) is 5.82 Å². The Kier molecular flexibility index (Phi) is 8.29. The Labute approximate surface area is 254 Å².